The van der Waals surface area contributed by atoms with Crippen molar-refractivity contribution in [1.82, 2.24) is 5.32 Å². The van der Waals surface area contributed by atoms with Gasteiger partial charge >= 0.3 is 17.9 Å². The normalized spacial score (nSPS) is 43.5. The fourth-order valence-corrected chi connectivity index (χ4v) is 11.8. The lowest BCUT2D eigenvalue weighted by molar-refractivity contribution is -0.262. The van der Waals surface area contributed by atoms with Crippen LogP contribution in [0.2, 0.25) is 0 Å². The average Bonchev–Trinajstić information content (AvgIpc) is 2.94. The molecular formula is C39H63NO7. The largest absolute Gasteiger partial charge is 0.481 e. The van der Waals surface area contributed by atoms with Crippen LogP contribution in [0, 0.1) is 62.1 Å². The highest BCUT2D eigenvalue weighted by atomic mass is 16.6. The number of carboxylic acid groups (broad SMARTS) is 1. The summed E-state index contributed by atoms with van der Waals surface area (Å²) in [6, 6.07) is 0. The molecule has 5 aliphatic rings. The number of aliphatic carboxylic acids is 1. The molecule has 4 aliphatic carbocycles. The molecule has 0 aromatic carbocycles. The maximum atomic E-state index is 13.4. The minimum absolute atomic E-state index is 0.0291. The Morgan fingerprint density at radius 2 is 1.70 bits per heavy atom. The van der Waals surface area contributed by atoms with E-state index in [2.05, 4.69) is 80.6 Å². The van der Waals surface area contributed by atoms with E-state index >= 15 is 0 Å². The third-order valence-electron chi connectivity index (χ3n) is 14.6. The van der Waals surface area contributed by atoms with E-state index in [0.29, 0.717) is 38.5 Å². The maximum absolute atomic E-state index is 13.4. The summed E-state index contributed by atoms with van der Waals surface area (Å²) in [6.07, 6.45) is 6.22. The molecule has 3 saturated carbocycles. The number of hydrogen-bond donors (Lipinski definition) is 2. The van der Waals surface area contributed by atoms with Crippen LogP contribution in [0.1, 0.15) is 115 Å². The number of carbonyl (C=O) groups excluding carboxylic acids is 2. The van der Waals surface area contributed by atoms with Crippen LogP contribution >= 0.6 is 0 Å². The predicted molar refractivity (Wildman–Crippen MR) is 181 cm³/mol. The molecule has 8 heteroatoms. The Bertz CT molecular complexity index is 1290. The van der Waals surface area contributed by atoms with Crippen LogP contribution in [-0.4, -0.2) is 61.5 Å². The van der Waals surface area contributed by atoms with Gasteiger partial charge in [0.1, 0.15) is 12.2 Å². The Morgan fingerprint density at radius 1 is 1.02 bits per heavy atom. The van der Waals surface area contributed by atoms with Gasteiger partial charge in [-0.3, -0.25) is 14.4 Å². The molecule has 1 saturated heterocycles. The van der Waals surface area contributed by atoms with Gasteiger partial charge in [0.15, 0.2) is 0 Å². The van der Waals surface area contributed by atoms with Crippen molar-refractivity contribution in [1.29, 1.82) is 0 Å². The van der Waals surface area contributed by atoms with Crippen LogP contribution in [0.4, 0.5) is 0 Å². The summed E-state index contributed by atoms with van der Waals surface area (Å²) in [6.45, 7) is 25.3. The van der Waals surface area contributed by atoms with E-state index in [9.17, 15) is 19.5 Å². The molecule has 4 fully saturated rings. The van der Waals surface area contributed by atoms with Crippen LogP contribution in [0.5, 0.6) is 0 Å². The van der Waals surface area contributed by atoms with Gasteiger partial charge in [-0.15, -0.1) is 0 Å². The Labute approximate surface area is 283 Å². The molecule has 2 bridgehead atoms. The van der Waals surface area contributed by atoms with Gasteiger partial charge in [0.25, 0.3) is 0 Å². The van der Waals surface area contributed by atoms with Crippen LogP contribution in [0.3, 0.4) is 0 Å². The number of allylic oxidation sites excluding steroid dienone is 1. The molecule has 5 rings (SSSR count). The molecule has 0 aromatic heterocycles. The molecule has 0 spiro atoms. The zero-order valence-electron chi connectivity index (χ0n) is 31.1. The van der Waals surface area contributed by atoms with Crippen LogP contribution in [0.25, 0.3) is 0 Å². The van der Waals surface area contributed by atoms with E-state index in [-0.39, 0.29) is 57.9 Å². The number of rotatable bonds is 8. The Kier molecular flexibility index (Phi) is 9.39. The fraction of sp³-hybridized carbons (Fsp3) is 0.872. The lowest BCUT2D eigenvalue weighted by Gasteiger charge is -2.71. The molecule has 11 atom stereocenters. The Hall–Kier alpha value is -1.93. The van der Waals surface area contributed by atoms with E-state index in [1.54, 1.807) is 0 Å². The van der Waals surface area contributed by atoms with Gasteiger partial charge in [-0.2, -0.15) is 0 Å². The standard InChI is InChI=1S/C39H63NO7/c1-23(2)24(3)35(8)16-17-37(10)26-12-13-29-36(9)21-45-22-39(29,27(26)14-15-38(37,11)31(35)33(43)44)18-28(46-25(4)41)32(36)47-30(42)19-40-20-34(5,6)7/h14,23-24,26,28-29,31-32,40H,12-13,15-22H2,1-11H3,(H,43,44)/t24-,26+,28-,29+,31-,32+,35-,36+,37-,38+,39+/m1/s1. The fourth-order valence-electron chi connectivity index (χ4n) is 11.8. The number of esters is 2. The average molecular weight is 658 g/mol. The smallest absolute Gasteiger partial charge is 0.320 e. The summed E-state index contributed by atoms with van der Waals surface area (Å²) in [4.78, 5) is 39.2. The summed E-state index contributed by atoms with van der Waals surface area (Å²) >= 11 is 0. The summed E-state index contributed by atoms with van der Waals surface area (Å²) in [5.74, 6) is -0.762. The van der Waals surface area contributed by atoms with E-state index in [4.69, 9.17) is 14.2 Å². The molecule has 47 heavy (non-hydrogen) atoms. The highest BCUT2D eigenvalue weighted by molar-refractivity contribution is 5.73. The van der Waals surface area contributed by atoms with Crippen molar-refractivity contribution in [3.05, 3.63) is 11.6 Å². The number of fused-ring (bicyclic) bond motifs is 3. The number of carbonyl (C=O) groups is 3. The first-order valence-corrected chi connectivity index (χ1v) is 18.2. The predicted octanol–water partition coefficient (Wildman–Crippen LogP) is 7.05. The highest BCUT2D eigenvalue weighted by Gasteiger charge is 2.72. The van der Waals surface area contributed by atoms with Crippen molar-refractivity contribution in [2.75, 3.05) is 26.3 Å². The molecule has 0 unspecified atom stereocenters. The second kappa shape index (κ2) is 12.1. The molecule has 0 aromatic rings. The second-order valence-electron chi connectivity index (χ2n) is 18.8. The van der Waals surface area contributed by atoms with Crippen molar-refractivity contribution in [2.45, 2.75) is 127 Å². The zero-order chi connectivity index (χ0) is 35.0. The molecular weight excluding hydrogens is 594 g/mol. The molecule has 8 nitrogen and oxygen atoms in total. The lowest BCUT2D eigenvalue weighted by Crippen LogP contribution is -2.70. The van der Waals surface area contributed by atoms with Gasteiger partial charge in [0, 0.05) is 24.3 Å². The second-order valence-corrected chi connectivity index (χ2v) is 18.8. The third kappa shape index (κ3) is 5.69. The topological polar surface area (TPSA) is 111 Å². The van der Waals surface area contributed by atoms with E-state index in [1.165, 1.54) is 12.5 Å². The van der Waals surface area contributed by atoms with Crippen molar-refractivity contribution >= 4 is 17.9 Å². The minimum Gasteiger partial charge on any atom is -0.481 e. The van der Waals surface area contributed by atoms with E-state index in [1.807, 2.05) is 0 Å². The van der Waals surface area contributed by atoms with Crippen molar-refractivity contribution in [2.24, 2.45) is 62.1 Å². The molecule has 1 aliphatic heterocycles. The van der Waals surface area contributed by atoms with Gasteiger partial charge in [-0.25, -0.2) is 0 Å². The first-order chi connectivity index (χ1) is 21.7. The van der Waals surface area contributed by atoms with Crippen LogP contribution in [0.15, 0.2) is 11.6 Å². The van der Waals surface area contributed by atoms with Gasteiger partial charge < -0.3 is 24.6 Å². The molecule has 0 radical (unpaired) electrons. The van der Waals surface area contributed by atoms with Crippen LogP contribution in [-0.2, 0) is 28.6 Å². The van der Waals surface area contributed by atoms with Crippen molar-refractivity contribution in [3.8, 4) is 0 Å². The number of hydrogen-bond acceptors (Lipinski definition) is 7. The van der Waals surface area contributed by atoms with E-state index in [0.717, 1.165) is 25.7 Å². The monoisotopic (exact) mass is 657 g/mol. The SMILES string of the molecule is CC(=O)O[C@@H]1C[C@@]23COC[C@@](C)([C@@H]2CC[C@H]2C3=CC[C@@]3(C)[C@H](C(=O)O)[C@@](C)([C@H](C)C(C)C)CC[C@]23C)[C@H]1OC(=O)CNCC(C)(C)C. The number of carboxylic acids is 1. The van der Waals surface area contributed by atoms with Crippen molar-refractivity contribution < 1.29 is 33.7 Å². The Balaban J connectivity index is 1.52. The quantitative estimate of drug-likeness (QED) is 0.211. The summed E-state index contributed by atoms with van der Waals surface area (Å²) in [7, 11) is 0. The van der Waals surface area contributed by atoms with Gasteiger partial charge in [0.2, 0.25) is 0 Å². The summed E-state index contributed by atoms with van der Waals surface area (Å²) in [5.41, 5.74) is -0.411. The zero-order valence-corrected chi connectivity index (χ0v) is 31.1. The van der Waals surface area contributed by atoms with Gasteiger partial charge in [0.05, 0.1) is 25.7 Å². The lowest BCUT2D eigenvalue weighted by atomic mass is 9.34. The molecule has 2 N–H and O–H groups in total. The Morgan fingerprint density at radius 3 is 2.30 bits per heavy atom. The van der Waals surface area contributed by atoms with Crippen LogP contribution < -0.4 is 5.32 Å². The third-order valence-corrected chi connectivity index (χ3v) is 14.6. The minimum atomic E-state index is -0.667. The highest BCUT2D eigenvalue weighted by Crippen LogP contribution is 2.75. The maximum Gasteiger partial charge on any atom is 0.320 e. The van der Waals surface area contributed by atoms with Gasteiger partial charge in [-0.05, 0) is 83.9 Å². The summed E-state index contributed by atoms with van der Waals surface area (Å²) in [5, 5.41) is 14.2. The molecule has 0 amide bonds. The van der Waals surface area contributed by atoms with Crippen molar-refractivity contribution in [3.63, 3.8) is 0 Å². The van der Waals surface area contributed by atoms with E-state index < -0.39 is 34.9 Å². The first kappa shape index (κ1) is 36.4. The first-order valence-electron chi connectivity index (χ1n) is 18.2. The molecule has 266 valence electrons. The summed E-state index contributed by atoms with van der Waals surface area (Å²) < 4.78 is 18.8. The number of nitrogens with one attached hydrogen (secondary N) is 1. The number of ether oxygens (including phenoxy) is 3. The molecule has 1 heterocycles. The van der Waals surface area contributed by atoms with Gasteiger partial charge in [-0.1, -0.05) is 80.9 Å².